The third-order valence-electron chi connectivity index (χ3n) is 6.57. The smallest absolute Gasteiger partial charge is 0.279 e. The normalized spacial score (nSPS) is 15.3. The van der Waals surface area contributed by atoms with Gasteiger partial charge in [-0.25, -0.2) is 10.0 Å². The number of amides is 2. The molecule has 0 unspecified atom stereocenters. The third kappa shape index (κ3) is 7.20. The van der Waals surface area contributed by atoms with Gasteiger partial charge in [-0.2, -0.15) is 0 Å². The average molecular weight is 549 g/mol. The minimum absolute atomic E-state index is 0.176. The van der Waals surface area contributed by atoms with E-state index in [4.69, 9.17) is 9.47 Å². The van der Waals surface area contributed by atoms with Crippen molar-refractivity contribution in [2.75, 3.05) is 26.3 Å². The van der Waals surface area contributed by atoms with Gasteiger partial charge in [0.2, 0.25) is 0 Å². The summed E-state index contributed by atoms with van der Waals surface area (Å²) < 4.78 is 13.3. The van der Waals surface area contributed by atoms with Crippen LogP contribution in [0.25, 0.3) is 0 Å². The molecule has 1 saturated heterocycles. The Hall–Kier alpha value is -1.80. The van der Waals surface area contributed by atoms with Gasteiger partial charge in [-0.1, -0.05) is 89.7 Å². The number of nitrogens with zero attached hydrogens (tertiary/aromatic N) is 2. The van der Waals surface area contributed by atoms with Crippen molar-refractivity contribution in [1.82, 2.24) is 10.0 Å². The summed E-state index contributed by atoms with van der Waals surface area (Å²) in [5.74, 6) is 1.32. The SMILES string of the molecule is CCCCCOc1cc(C)c(OCCCCC)c2c1SC(=C1C(=O)N(CCCC)N(CCCC)C1=O)S2. The van der Waals surface area contributed by atoms with Gasteiger partial charge in [-0.15, -0.1) is 0 Å². The van der Waals surface area contributed by atoms with Crippen LogP contribution in [-0.4, -0.2) is 48.1 Å². The van der Waals surface area contributed by atoms with Crippen LogP contribution in [0.1, 0.15) is 97.5 Å². The predicted molar refractivity (Wildman–Crippen MR) is 153 cm³/mol. The maximum atomic E-state index is 13.6. The molecule has 2 aliphatic heterocycles. The summed E-state index contributed by atoms with van der Waals surface area (Å²) in [6, 6.07) is 2.06. The topological polar surface area (TPSA) is 59.1 Å². The zero-order valence-electron chi connectivity index (χ0n) is 23.3. The van der Waals surface area contributed by atoms with E-state index in [9.17, 15) is 9.59 Å². The van der Waals surface area contributed by atoms with Crippen LogP contribution in [-0.2, 0) is 9.59 Å². The molecule has 1 fully saturated rings. The molecule has 0 saturated carbocycles. The molecule has 1 aromatic carbocycles. The summed E-state index contributed by atoms with van der Waals surface area (Å²) in [4.78, 5) is 29.1. The number of ether oxygens (including phenoxy) is 2. The van der Waals surface area contributed by atoms with Crippen LogP contribution in [0.5, 0.6) is 11.5 Å². The van der Waals surface area contributed by atoms with Crippen molar-refractivity contribution in [2.45, 2.75) is 109 Å². The fraction of sp³-hybridized carbons (Fsp3) is 0.655. The molecular weight excluding hydrogens is 504 g/mol. The van der Waals surface area contributed by atoms with Crippen molar-refractivity contribution in [2.24, 2.45) is 0 Å². The highest BCUT2D eigenvalue weighted by atomic mass is 32.2. The van der Waals surface area contributed by atoms with Crippen molar-refractivity contribution in [1.29, 1.82) is 0 Å². The molecule has 0 aliphatic carbocycles. The monoisotopic (exact) mass is 548 g/mol. The molecule has 1 aromatic rings. The van der Waals surface area contributed by atoms with E-state index in [2.05, 4.69) is 40.7 Å². The van der Waals surface area contributed by atoms with Crippen molar-refractivity contribution in [3.05, 3.63) is 21.4 Å². The van der Waals surface area contributed by atoms with E-state index in [0.29, 0.717) is 31.9 Å². The Bertz CT molecular complexity index is 951. The van der Waals surface area contributed by atoms with Gasteiger partial charge in [0.15, 0.2) is 0 Å². The Kier molecular flexibility index (Phi) is 12.0. The second kappa shape index (κ2) is 15.0. The van der Waals surface area contributed by atoms with E-state index < -0.39 is 0 Å². The first-order valence-electron chi connectivity index (χ1n) is 14.1. The van der Waals surface area contributed by atoms with Crippen LogP contribution in [0.3, 0.4) is 0 Å². The molecule has 0 spiro atoms. The molecule has 2 aliphatic rings. The standard InChI is InChI=1S/C29H44N2O4S2/c1-6-10-14-18-34-22-20-21(5)24(35-19-15-11-7-2)26-25(22)36-29(37-26)23-27(32)30(16-12-8-3)31(28(23)33)17-13-9-4/h20H,6-19H2,1-5H3. The molecule has 8 heteroatoms. The number of hydrogen-bond donors (Lipinski definition) is 0. The molecule has 0 aromatic heterocycles. The Morgan fingerprint density at radius 1 is 0.703 bits per heavy atom. The van der Waals surface area contributed by atoms with Crippen LogP contribution < -0.4 is 9.47 Å². The second-order valence-electron chi connectivity index (χ2n) is 9.72. The maximum Gasteiger partial charge on any atom is 0.279 e. The van der Waals surface area contributed by atoms with Gasteiger partial charge in [-0.3, -0.25) is 9.59 Å². The first-order valence-corrected chi connectivity index (χ1v) is 15.8. The summed E-state index contributed by atoms with van der Waals surface area (Å²) >= 11 is 2.99. The Morgan fingerprint density at radius 3 is 1.76 bits per heavy atom. The predicted octanol–water partition coefficient (Wildman–Crippen LogP) is 7.73. The van der Waals surface area contributed by atoms with Gasteiger partial charge in [0.05, 0.1) is 27.2 Å². The Labute approximate surface area is 231 Å². The lowest BCUT2D eigenvalue weighted by atomic mass is 10.2. The molecule has 0 bridgehead atoms. The maximum absolute atomic E-state index is 13.6. The van der Waals surface area contributed by atoms with Crippen LogP contribution in [0, 0.1) is 6.92 Å². The van der Waals surface area contributed by atoms with E-state index in [0.717, 1.165) is 95.3 Å². The molecular formula is C29H44N2O4S2. The minimum Gasteiger partial charge on any atom is -0.492 e. The summed E-state index contributed by atoms with van der Waals surface area (Å²) in [5.41, 5.74) is 1.32. The molecule has 0 N–H and O–H groups in total. The van der Waals surface area contributed by atoms with Gasteiger partial charge < -0.3 is 9.47 Å². The second-order valence-corrected chi connectivity index (χ2v) is 12.0. The number of unbranched alkanes of at least 4 members (excludes halogenated alkanes) is 6. The number of carbonyl (C=O) groups excluding carboxylic acids is 2. The average Bonchev–Trinajstić information content (AvgIpc) is 3.41. The first kappa shape index (κ1) is 29.8. The lowest BCUT2D eigenvalue weighted by Crippen LogP contribution is -2.42. The highest BCUT2D eigenvalue weighted by Gasteiger charge is 2.44. The number of hydrazine groups is 1. The molecule has 0 atom stereocenters. The largest absolute Gasteiger partial charge is 0.492 e. The van der Waals surface area contributed by atoms with E-state index in [1.54, 1.807) is 10.0 Å². The molecule has 6 nitrogen and oxygen atoms in total. The summed E-state index contributed by atoms with van der Waals surface area (Å²) in [6.45, 7) is 13.1. The molecule has 2 heterocycles. The number of carbonyl (C=O) groups is 2. The summed E-state index contributed by atoms with van der Waals surface area (Å²) in [6.07, 6.45) is 10.2. The van der Waals surface area contributed by atoms with Gasteiger partial charge in [0.25, 0.3) is 11.8 Å². The summed E-state index contributed by atoms with van der Waals surface area (Å²) in [7, 11) is 0. The molecule has 2 amide bonds. The minimum atomic E-state index is -0.176. The quantitative estimate of drug-likeness (QED) is 0.120. The van der Waals surface area contributed by atoms with Gasteiger partial charge in [0.1, 0.15) is 17.1 Å². The molecule has 0 radical (unpaired) electrons. The fourth-order valence-corrected chi connectivity index (χ4v) is 7.12. The summed E-state index contributed by atoms with van der Waals surface area (Å²) in [5, 5.41) is 3.34. The zero-order chi connectivity index (χ0) is 26.8. The van der Waals surface area contributed by atoms with Crippen LogP contribution in [0.15, 0.2) is 25.7 Å². The van der Waals surface area contributed by atoms with E-state index >= 15 is 0 Å². The Morgan fingerprint density at radius 2 is 1.22 bits per heavy atom. The number of hydrogen-bond acceptors (Lipinski definition) is 6. The number of benzene rings is 1. The van der Waals surface area contributed by atoms with Gasteiger partial charge >= 0.3 is 0 Å². The lowest BCUT2D eigenvalue weighted by Gasteiger charge is -2.27. The van der Waals surface area contributed by atoms with Gasteiger partial charge in [0, 0.05) is 13.1 Å². The molecule has 206 valence electrons. The van der Waals surface area contributed by atoms with E-state index in [1.165, 1.54) is 23.5 Å². The van der Waals surface area contributed by atoms with E-state index in [-0.39, 0.29) is 11.8 Å². The number of aryl methyl sites for hydroxylation is 1. The molecule has 3 rings (SSSR count). The van der Waals surface area contributed by atoms with Gasteiger partial charge in [-0.05, 0) is 44.2 Å². The van der Waals surface area contributed by atoms with E-state index in [1.807, 2.05) is 0 Å². The number of fused-ring (bicyclic) bond motifs is 1. The van der Waals surface area contributed by atoms with Crippen LogP contribution in [0.4, 0.5) is 0 Å². The fourth-order valence-electron chi connectivity index (χ4n) is 4.37. The lowest BCUT2D eigenvalue weighted by molar-refractivity contribution is -0.147. The van der Waals surface area contributed by atoms with Crippen molar-refractivity contribution >= 4 is 35.3 Å². The number of rotatable bonds is 16. The highest BCUT2D eigenvalue weighted by molar-refractivity contribution is 8.25. The van der Waals surface area contributed by atoms with Crippen molar-refractivity contribution < 1.29 is 19.1 Å². The van der Waals surface area contributed by atoms with Crippen molar-refractivity contribution in [3.8, 4) is 11.5 Å². The Balaban J connectivity index is 1.95. The highest BCUT2D eigenvalue weighted by Crippen LogP contribution is 2.60. The van der Waals surface area contributed by atoms with Crippen LogP contribution >= 0.6 is 23.5 Å². The zero-order valence-corrected chi connectivity index (χ0v) is 25.0. The van der Waals surface area contributed by atoms with Crippen molar-refractivity contribution in [3.63, 3.8) is 0 Å². The van der Waals surface area contributed by atoms with Crippen LogP contribution in [0.2, 0.25) is 0 Å². The first-order chi connectivity index (χ1) is 18.0. The number of thioether (sulfide) groups is 2. The third-order valence-corrected chi connectivity index (χ3v) is 9.18. The molecule has 37 heavy (non-hydrogen) atoms.